The third-order valence-electron chi connectivity index (χ3n) is 3.01. The van der Waals surface area contributed by atoms with Gasteiger partial charge in [0.05, 0.1) is 12.7 Å². The number of halogens is 4. The number of hydrogen-bond donors (Lipinski definition) is 1. The molecule has 2 nitrogen and oxygen atoms in total. The summed E-state index contributed by atoms with van der Waals surface area (Å²) in [6, 6.07) is 5.63. The molecule has 0 amide bonds. The number of benzene rings is 1. The first-order chi connectivity index (χ1) is 9.24. The zero-order valence-corrected chi connectivity index (χ0v) is 11.4. The summed E-state index contributed by atoms with van der Waals surface area (Å²) in [5.41, 5.74) is 2.85. The second-order valence-corrected chi connectivity index (χ2v) is 4.81. The van der Waals surface area contributed by atoms with Gasteiger partial charge in [-0.3, -0.25) is 0 Å². The summed E-state index contributed by atoms with van der Waals surface area (Å²) < 4.78 is 53.5. The predicted octanol–water partition coefficient (Wildman–Crippen LogP) is 3.12. The lowest BCUT2D eigenvalue weighted by Crippen LogP contribution is -2.34. The molecule has 0 heterocycles. The van der Waals surface area contributed by atoms with Gasteiger partial charge < -0.3 is 9.84 Å². The zero-order chi connectivity index (χ0) is 15.3. The molecule has 0 aromatic heterocycles. The number of aryl methyl sites for hydroxylation is 2. The van der Waals surface area contributed by atoms with Gasteiger partial charge >= 0.3 is 12.3 Å². The van der Waals surface area contributed by atoms with Gasteiger partial charge in [0.1, 0.15) is 6.61 Å². The van der Waals surface area contributed by atoms with Crippen LogP contribution in [-0.2, 0) is 11.2 Å². The molecule has 1 rings (SSSR count). The van der Waals surface area contributed by atoms with E-state index in [0.717, 1.165) is 16.7 Å². The minimum Gasteiger partial charge on any atom is -0.390 e. The molecule has 6 heteroatoms. The Morgan fingerprint density at radius 2 is 1.75 bits per heavy atom. The Kier molecular flexibility index (Phi) is 5.95. The fourth-order valence-corrected chi connectivity index (χ4v) is 1.86. The highest BCUT2D eigenvalue weighted by Gasteiger charge is 2.41. The zero-order valence-electron chi connectivity index (χ0n) is 11.4. The van der Waals surface area contributed by atoms with Crippen LogP contribution in [0.2, 0.25) is 0 Å². The van der Waals surface area contributed by atoms with Gasteiger partial charge in [0, 0.05) is 6.42 Å². The van der Waals surface area contributed by atoms with Gasteiger partial charge in [-0.05, 0) is 30.5 Å². The van der Waals surface area contributed by atoms with Crippen molar-refractivity contribution in [2.45, 2.75) is 38.7 Å². The molecule has 114 valence electrons. The molecule has 0 aliphatic rings. The van der Waals surface area contributed by atoms with E-state index in [0.29, 0.717) is 0 Å². The van der Waals surface area contributed by atoms with Gasteiger partial charge in [0.25, 0.3) is 0 Å². The Bertz CT molecular complexity index is 415. The number of rotatable bonds is 7. The highest BCUT2D eigenvalue weighted by atomic mass is 19.3. The summed E-state index contributed by atoms with van der Waals surface area (Å²) in [6.07, 6.45) is -4.54. The summed E-state index contributed by atoms with van der Waals surface area (Å²) in [5.74, 6) is -4.18. The monoisotopic (exact) mass is 294 g/mol. The van der Waals surface area contributed by atoms with Gasteiger partial charge in [-0.1, -0.05) is 18.2 Å². The maximum absolute atomic E-state index is 12.6. The highest BCUT2D eigenvalue weighted by molar-refractivity contribution is 5.33. The second-order valence-electron chi connectivity index (χ2n) is 4.81. The van der Waals surface area contributed by atoms with Crippen LogP contribution in [0.5, 0.6) is 0 Å². The van der Waals surface area contributed by atoms with E-state index in [1.54, 1.807) is 0 Å². The molecule has 20 heavy (non-hydrogen) atoms. The maximum Gasteiger partial charge on any atom is 0.330 e. The van der Waals surface area contributed by atoms with E-state index >= 15 is 0 Å². The van der Waals surface area contributed by atoms with E-state index in [4.69, 9.17) is 0 Å². The van der Waals surface area contributed by atoms with Crippen molar-refractivity contribution in [3.63, 3.8) is 0 Å². The van der Waals surface area contributed by atoms with Gasteiger partial charge in [0.2, 0.25) is 0 Å². The van der Waals surface area contributed by atoms with Crippen molar-refractivity contribution in [2.75, 3.05) is 13.2 Å². The van der Waals surface area contributed by atoms with Crippen molar-refractivity contribution >= 4 is 0 Å². The molecule has 0 saturated carbocycles. The fourth-order valence-electron chi connectivity index (χ4n) is 1.86. The van der Waals surface area contributed by atoms with Gasteiger partial charge in [-0.15, -0.1) is 0 Å². The smallest absolute Gasteiger partial charge is 0.330 e. The first kappa shape index (κ1) is 16.9. The minimum atomic E-state index is -4.18. The highest BCUT2D eigenvalue weighted by Crippen LogP contribution is 2.23. The van der Waals surface area contributed by atoms with Crippen molar-refractivity contribution in [3.05, 3.63) is 34.9 Å². The van der Waals surface area contributed by atoms with E-state index in [9.17, 15) is 22.7 Å². The molecule has 0 fully saturated rings. The molecular formula is C14H18F4O2. The lowest BCUT2D eigenvalue weighted by atomic mass is 9.98. The number of hydrogen-bond acceptors (Lipinski definition) is 2. The van der Waals surface area contributed by atoms with Crippen molar-refractivity contribution in [1.29, 1.82) is 0 Å². The third kappa shape index (κ3) is 4.76. The molecule has 0 aliphatic carbocycles. The van der Waals surface area contributed by atoms with Crippen LogP contribution < -0.4 is 0 Å². The Labute approximate surface area is 115 Å². The summed E-state index contributed by atoms with van der Waals surface area (Å²) in [5, 5.41) is 9.73. The van der Waals surface area contributed by atoms with Gasteiger partial charge in [0.15, 0.2) is 0 Å². The number of ether oxygens (including phenoxy) is 1. The molecule has 0 radical (unpaired) electrons. The molecule has 0 spiro atoms. The van der Waals surface area contributed by atoms with Crippen LogP contribution in [0.15, 0.2) is 18.2 Å². The Balaban J connectivity index is 2.47. The van der Waals surface area contributed by atoms with Gasteiger partial charge in [-0.25, -0.2) is 8.78 Å². The number of alkyl halides is 4. The number of aliphatic hydroxyl groups excluding tert-OH is 1. The average molecular weight is 294 g/mol. The molecule has 1 atom stereocenters. The molecule has 1 N–H and O–H groups in total. The fraction of sp³-hybridized carbons (Fsp3) is 0.571. The minimum absolute atomic E-state index is 0.235. The van der Waals surface area contributed by atoms with E-state index in [-0.39, 0.29) is 6.42 Å². The summed E-state index contributed by atoms with van der Waals surface area (Å²) in [7, 11) is 0. The summed E-state index contributed by atoms with van der Waals surface area (Å²) >= 11 is 0. The summed E-state index contributed by atoms with van der Waals surface area (Å²) in [4.78, 5) is 0. The van der Waals surface area contributed by atoms with Crippen LogP contribution in [0.3, 0.4) is 0 Å². The maximum atomic E-state index is 12.6. The average Bonchev–Trinajstić information content (AvgIpc) is 2.33. The Morgan fingerprint density at radius 1 is 1.20 bits per heavy atom. The molecule has 0 saturated heterocycles. The molecule has 0 aliphatic heterocycles. The van der Waals surface area contributed by atoms with Crippen molar-refractivity contribution < 1.29 is 27.4 Å². The standard InChI is InChI=1S/C14H18F4O2/c1-9-4-3-5-10(2)12(9)6-11(19)7-20-8-14(17,18)13(15)16/h3-5,11,13,19H,6-8H2,1-2H3. The van der Waals surface area contributed by atoms with E-state index < -0.39 is 31.7 Å². The Hall–Kier alpha value is -1.14. The molecular weight excluding hydrogens is 276 g/mol. The topological polar surface area (TPSA) is 29.5 Å². The van der Waals surface area contributed by atoms with Crippen molar-refractivity contribution in [3.8, 4) is 0 Å². The largest absolute Gasteiger partial charge is 0.390 e. The predicted molar refractivity (Wildman–Crippen MR) is 67.4 cm³/mol. The second kappa shape index (κ2) is 7.04. The van der Waals surface area contributed by atoms with Crippen LogP contribution in [0, 0.1) is 13.8 Å². The van der Waals surface area contributed by atoms with Crippen molar-refractivity contribution in [2.24, 2.45) is 0 Å². The van der Waals surface area contributed by atoms with Crippen molar-refractivity contribution in [1.82, 2.24) is 0 Å². The lowest BCUT2D eigenvalue weighted by Gasteiger charge is -2.18. The normalized spacial score (nSPS) is 13.8. The molecule has 0 bridgehead atoms. The Morgan fingerprint density at radius 3 is 2.25 bits per heavy atom. The molecule has 1 aromatic rings. The lowest BCUT2D eigenvalue weighted by molar-refractivity contribution is -0.170. The van der Waals surface area contributed by atoms with E-state index in [1.165, 1.54) is 0 Å². The summed E-state index contributed by atoms with van der Waals surface area (Å²) in [6.45, 7) is 1.95. The quantitative estimate of drug-likeness (QED) is 0.783. The number of aliphatic hydroxyl groups is 1. The SMILES string of the molecule is Cc1cccc(C)c1CC(O)COCC(F)(F)C(F)F. The third-order valence-corrected chi connectivity index (χ3v) is 3.01. The van der Waals surface area contributed by atoms with E-state index in [2.05, 4.69) is 4.74 Å². The molecule has 1 unspecified atom stereocenters. The van der Waals surface area contributed by atoms with Crippen LogP contribution in [-0.4, -0.2) is 36.8 Å². The molecule has 1 aromatic carbocycles. The van der Waals surface area contributed by atoms with Crippen LogP contribution in [0.1, 0.15) is 16.7 Å². The van der Waals surface area contributed by atoms with Crippen LogP contribution in [0.25, 0.3) is 0 Å². The van der Waals surface area contributed by atoms with E-state index in [1.807, 2.05) is 32.0 Å². The van der Waals surface area contributed by atoms with Gasteiger partial charge in [-0.2, -0.15) is 8.78 Å². The van der Waals surface area contributed by atoms with Crippen LogP contribution in [0.4, 0.5) is 17.6 Å². The first-order valence-corrected chi connectivity index (χ1v) is 6.21. The van der Waals surface area contributed by atoms with Crippen LogP contribution >= 0.6 is 0 Å². The first-order valence-electron chi connectivity index (χ1n) is 6.21.